The number of ketones is 1. The zero-order valence-corrected chi connectivity index (χ0v) is 19.0. The van der Waals surface area contributed by atoms with Crippen molar-refractivity contribution in [3.05, 3.63) is 65.2 Å². The maximum absolute atomic E-state index is 12.3. The Kier molecular flexibility index (Phi) is 12.1. The second kappa shape index (κ2) is 15.2. The molecule has 0 unspecified atom stereocenters. The summed E-state index contributed by atoms with van der Waals surface area (Å²) in [7, 11) is 1.23. The van der Waals surface area contributed by atoms with Crippen molar-refractivity contribution in [2.75, 3.05) is 33.4 Å². The summed E-state index contributed by atoms with van der Waals surface area (Å²) in [6.45, 7) is 2.58. The molecular weight excluding hydrogens is 406 g/mol. The van der Waals surface area contributed by atoms with Gasteiger partial charge in [-0.15, -0.1) is 0 Å². The number of unbranched alkanes of at least 4 members (excludes halogenated alkanes) is 4. The van der Waals surface area contributed by atoms with Gasteiger partial charge < -0.3 is 19.9 Å². The van der Waals surface area contributed by atoms with E-state index in [1.165, 1.54) is 30.9 Å². The topological polar surface area (TPSA) is 84.9 Å². The summed E-state index contributed by atoms with van der Waals surface area (Å²) in [6, 6.07) is 14.8. The smallest absolute Gasteiger partial charge is 0.341 e. The SMILES string of the molecule is COC(=O)c1cc(C(=O)CNCCCCCCOCCCCc2ccccc2)ccc1O. The monoisotopic (exact) mass is 441 g/mol. The van der Waals surface area contributed by atoms with Crippen LogP contribution in [0.25, 0.3) is 0 Å². The number of methoxy groups -OCH3 is 1. The number of ether oxygens (including phenoxy) is 2. The van der Waals surface area contributed by atoms with Crippen molar-refractivity contribution >= 4 is 11.8 Å². The zero-order chi connectivity index (χ0) is 23.0. The minimum atomic E-state index is -0.665. The number of hydrogen-bond donors (Lipinski definition) is 2. The van der Waals surface area contributed by atoms with Gasteiger partial charge in [-0.3, -0.25) is 4.79 Å². The Balaban J connectivity index is 1.44. The van der Waals surface area contributed by atoms with Crippen molar-refractivity contribution in [1.82, 2.24) is 5.32 Å². The highest BCUT2D eigenvalue weighted by atomic mass is 16.5. The Labute approximate surface area is 190 Å². The van der Waals surface area contributed by atoms with Gasteiger partial charge in [-0.05, 0) is 62.4 Å². The number of rotatable bonds is 16. The first-order chi connectivity index (χ1) is 15.6. The first-order valence-electron chi connectivity index (χ1n) is 11.4. The number of hydrogen-bond acceptors (Lipinski definition) is 6. The van der Waals surface area contributed by atoms with Gasteiger partial charge in [-0.1, -0.05) is 43.2 Å². The summed E-state index contributed by atoms with van der Waals surface area (Å²) < 4.78 is 10.3. The van der Waals surface area contributed by atoms with E-state index in [1.54, 1.807) is 0 Å². The number of carbonyl (C=O) groups excluding carboxylic acids is 2. The van der Waals surface area contributed by atoms with Gasteiger partial charge in [-0.25, -0.2) is 4.79 Å². The van der Waals surface area contributed by atoms with E-state index in [-0.39, 0.29) is 23.6 Å². The second-order valence-electron chi connectivity index (χ2n) is 7.79. The highest BCUT2D eigenvalue weighted by Gasteiger charge is 2.15. The number of esters is 1. The standard InChI is InChI=1S/C26H35NO5/c1-31-26(30)23-19-22(14-15-24(23)28)25(29)20-27-16-8-2-3-9-17-32-18-10-7-13-21-11-5-4-6-12-21/h4-6,11-12,14-15,19,27-28H,2-3,7-10,13,16-18,20H2,1H3. The van der Waals surface area contributed by atoms with E-state index >= 15 is 0 Å². The van der Waals surface area contributed by atoms with Crippen molar-refractivity contribution in [3.63, 3.8) is 0 Å². The summed E-state index contributed by atoms with van der Waals surface area (Å²) >= 11 is 0. The number of phenolic OH excluding ortho intramolecular Hbond substituents is 1. The molecule has 2 aromatic rings. The fourth-order valence-corrected chi connectivity index (χ4v) is 3.37. The third-order valence-corrected chi connectivity index (χ3v) is 5.25. The van der Waals surface area contributed by atoms with Gasteiger partial charge in [0, 0.05) is 18.8 Å². The lowest BCUT2D eigenvalue weighted by Crippen LogP contribution is -2.24. The van der Waals surface area contributed by atoms with Crippen LogP contribution in [0.5, 0.6) is 5.75 Å². The summed E-state index contributed by atoms with van der Waals surface area (Å²) in [4.78, 5) is 23.9. The Bertz CT molecular complexity index is 822. The summed E-state index contributed by atoms with van der Waals surface area (Å²) in [5.41, 5.74) is 1.75. The van der Waals surface area contributed by atoms with Gasteiger partial charge in [0.1, 0.15) is 11.3 Å². The van der Waals surface area contributed by atoms with E-state index < -0.39 is 5.97 Å². The molecule has 2 rings (SSSR count). The molecule has 0 aliphatic carbocycles. The molecule has 0 heterocycles. The van der Waals surface area contributed by atoms with Crippen LogP contribution >= 0.6 is 0 Å². The molecule has 0 saturated heterocycles. The third kappa shape index (κ3) is 9.62. The van der Waals surface area contributed by atoms with Crippen LogP contribution in [0, 0.1) is 0 Å². The van der Waals surface area contributed by atoms with Crippen molar-refractivity contribution < 1.29 is 24.2 Å². The van der Waals surface area contributed by atoms with E-state index in [1.807, 2.05) is 6.07 Å². The van der Waals surface area contributed by atoms with E-state index in [0.29, 0.717) is 5.56 Å². The van der Waals surface area contributed by atoms with Gasteiger partial charge in [-0.2, -0.15) is 0 Å². The molecule has 6 nitrogen and oxygen atoms in total. The fraction of sp³-hybridized carbons (Fsp3) is 0.462. The molecule has 0 bridgehead atoms. The van der Waals surface area contributed by atoms with E-state index in [2.05, 4.69) is 34.3 Å². The van der Waals surface area contributed by atoms with Crippen LogP contribution in [0.15, 0.2) is 48.5 Å². The molecule has 0 atom stereocenters. The van der Waals surface area contributed by atoms with Crippen molar-refractivity contribution in [3.8, 4) is 5.75 Å². The number of nitrogens with one attached hydrogen (secondary N) is 1. The lowest BCUT2D eigenvalue weighted by molar-refractivity contribution is 0.0597. The summed E-state index contributed by atoms with van der Waals surface area (Å²) in [5.74, 6) is -0.991. The Hall–Kier alpha value is -2.70. The number of Topliss-reactive ketones (excluding diaryl/α,β-unsaturated/α-hetero) is 1. The molecule has 174 valence electrons. The Morgan fingerprint density at radius 2 is 1.62 bits per heavy atom. The van der Waals surface area contributed by atoms with Crippen LogP contribution in [0.3, 0.4) is 0 Å². The average Bonchev–Trinajstić information content (AvgIpc) is 2.82. The lowest BCUT2D eigenvalue weighted by atomic mass is 10.1. The predicted molar refractivity (Wildman–Crippen MR) is 125 cm³/mol. The van der Waals surface area contributed by atoms with Crippen LogP contribution in [0.2, 0.25) is 0 Å². The lowest BCUT2D eigenvalue weighted by Gasteiger charge is -2.07. The quantitative estimate of drug-likeness (QED) is 0.226. The van der Waals surface area contributed by atoms with Crippen LogP contribution in [0.4, 0.5) is 0 Å². The van der Waals surface area contributed by atoms with Crippen LogP contribution in [0.1, 0.15) is 64.8 Å². The molecule has 0 amide bonds. The molecule has 0 aliphatic rings. The van der Waals surface area contributed by atoms with E-state index in [9.17, 15) is 14.7 Å². The predicted octanol–water partition coefficient (Wildman–Crippen LogP) is 4.55. The molecule has 0 saturated carbocycles. The number of carbonyl (C=O) groups is 2. The van der Waals surface area contributed by atoms with Crippen LogP contribution in [-0.4, -0.2) is 50.3 Å². The first kappa shape index (κ1) is 25.6. The highest BCUT2D eigenvalue weighted by Crippen LogP contribution is 2.19. The molecule has 0 aromatic heterocycles. The molecule has 32 heavy (non-hydrogen) atoms. The third-order valence-electron chi connectivity index (χ3n) is 5.25. The second-order valence-corrected chi connectivity index (χ2v) is 7.79. The average molecular weight is 442 g/mol. The molecule has 0 fully saturated rings. The number of phenols is 1. The zero-order valence-electron chi connectivity index (χ0n) is 19.0. The molecule has 0 spiro atoms. The molecule has 2 N–H and O–H groups in total. The van der Waals surface area contributed by atoms with Gasteiger partial charge in [0.2, 0.25) is 0 Å². The van der Waals surface area contributed by atoms with Crippen molar-refractivity contribution in [2.45, 2.75) is 44.9 Å². The fourth-order valence-electron chi connectivity index (χ4n) is 3.37. The van der Waals surface area contributed by atoms with Crippen molar-refractivity contribution in [1.29, 1.82) is 0 Å². The van der Waals surface area contributed by atoms with Crippen molar-refractivity contribution in [2.24, 2.45) is 0 Å². The molecule has 0 radical (unpaired) electrons. The Morgan fingerprint density at radius 1 is 0.906 bits per heavy atom. The molecule has 2 aromatic carbocycles. The van der Waals surface area contributed by atoms with Gasteiger partial charge in [0.05, 0.1) is 13.7 Å². The summed E-state index contributed by atoms with van der Waals surface area (Å²) in [5, 5.41) is 12.9. The van der Waals surface area contributed by atoms with Gasteiger partial charge in [0.25, 0.3) is 0 Å². The number of aromatic hydroxyl groups is 1. The normalized spacial score (nSPS) is 10.8. The Morgan fingerprint density at radius 3 is 2.38 bits per heavy atom. The summed E-state index contributed by atoms with van der Waals surface area (Å²) in [6.07, 6.45) is 7.61. The van der Waals surface area contributed by atoms with Crippen LogP contribution in [-0.2, 0) is 15.9 Å². The first-order valence-corrected chi connectivity index (χ1v) is 11.4. The van der Waals surface area contributed by atoms with E-state index in [4.69, 9.17) is 4.74 Å². The number of aryl methyl sites for hydroxylation is 1. The highest BCUT2D eigenvalue weighted by molar-refractivity contribution is 6.01. The largest absolute Gasteiger partial charge is 0.507 e. The minimum Gasteiger partial charge on any atom is -0.507 e. The molecule has 0 aliphatic heterocycles. The molecular formula is C26H35NO5. The maximum Gasteiger partial charge on any atom is 0.341 e. The maximum atomic E-state index is 12.3. The number of benzene rings is 2. The van der Waals surface area contributed by atoms with E-state index in [0.717, 1.165) is 64.7 Å². The van der Waals surface area contributed by atoms with Crippen LogP contribution < -0.4 is 5.32 Å². The van der Waals surface area contributed by atoms with Gasteiger partial charge in [0.15, 0.2) is 5.78 Å². The minimum absolute atomic E-state index is 0.00300. The van der Waals surface area contributed by atoms with Gasteiger partial charge >= 0.3 is 5.97 Å². The molecule has 6 heteroatoms.